The predicted molar refractivity (Wildman–Crippen MR) is 53.4 cm³/mol. The summed E-state index contributed by atoms with van der Waals surface area (Å²) in [5.74, 6) is 0. The van der Waals surface area contributed by atoms with Crippen molar-refractivity contribution in [2.24, 2.45) is 0 Å². The zero-order valence-corrected chi connectivity index (χ0v) is 9.07. The third kappa shape index (κ3) is 1.64. The number of nitrogens with one attached hydrogen (secondary N) is 1. The monoisotopic (exact) mass is 170 g/mol. The highest BCUT2D eigenvalue weighted by molar-refractivity contribution is 4.98. The van der Waals surface area contributed by atoms with Crippen molar-refractivity contribution in [2.45, 2.75) is 45.7 Å². The van der Waals surface area contributed by atoms with E-state index < -0.39 is 0 Å². The number of piperazine rings is 1. The van der Waals surface area contributed by atoms with Gasteiger partial charge in [0.05, 0.1) is 0 Å². The van der Waals surface area contributed by atoms with Gasteiger partial charge < -0.3 is 5.32 Å². The first-order valence-electron chi connectivity index (χ1n) is 4.88. The fourth-order valence-electron chi connectivity index (χ4n) is 2.54. The molecule has 72 valence electrons. The second kappa shape index (κ2) is 3.00. The summed E-state index contributed by atoms with van der Waals surface area (Å²) < 4.78 is 0. The SMILES string of the molecule is CCN1C(C)(C)CNCC1(C)C. The van der Waals surface area contributed by atoms with Crippen molar-refractivity contribution in [1.29, 1.82) is 0 Å². The molecule has 1 saturated heterocycles. The van der Waals surface area contributed by atoms with Crippen molar-refractivity contribution in [3.05, 3.63) is 0 Å². The molecule has 0 aromatic heterocycles. The van der Waals surface area contributed by atoms with Crippen LogP contribution in [0.15, 0.2) is 0 Å². The van der Waals surface area contributed by atoms with Crippen LogP contribution in [-0.4, -0.2) is 35.6 Å². The molecule has 0 atom stereocenters. The molecule has 0 radical (unpaired) electrons. The summed E-state index contributed by atoms with van der Waals surface area (Å²) in [5, 5.41) is 3.49. The second-order valence-corrected chi connectivity index (χ2v) is 4.97. The maximum Gasteiger partial charge on any atom is 0.0283 e. The Hall–Kier alpha value is -0.0800. The molecular formula is C10H22N2. The fraction of sp³-hybridized carbons (Fsp3) is 1.00. The molecule has 1 aliphatic rings. The molecule has 1 N–H and O–H groups in total. The van der Waals surface area contributed by atoms with Crippen LogP contribution in [0.2, 0.25) is 0 Å². The highest BCUT2D eigenvalue weighted by Gasteiger charge is 2.39. The minimum Gasteiger partial charge on any atom is -0.313 e. The van der Waals surface area contributed by atoms with E-state index in [9.17, 15) is 0 Å². The lowest BCUT2D eigenvalue weighted by Gasteiger charge is -2.52. The molecule has 1 rings (SSSR count). The third-order valence-corrected chi connectivity index (χ3v) is 2.89. The number of rotatable bonds is 1. The molecule has 0 bridgehead atoms. The van der Waals surface area contributed by atoms with Crippen LogP contribution < -0.4 is 5.32 Å². The van der Waals surface area contributed by atoms with Gasteiger partial charge >= 0.3 is 0 Å². The average Bonchev–Trinajstić information content (AvgIpc) is 1.83. The largest absolute Gasteiger partial charge is 0.313 e. The number of likely N-dealkylation sites (N-methyl/N-ethyl adjacent to an activating group) is 1. The Morgan fingerprint density at radius 2 is 1.50 bits per heavy atom. The molecule has 0 amide bonds. The number of hydrogen-bond acceptors (Lipinski definition) is 2. The van der Waals surface area contributed by atoms with Crippen molar-refractivity contribution in [2.75, 3.05) is 19.6 Å². The van der Waals surface area contributed by atoms with Gasteiger partial charge in [0.15, 0.2) is 0 Å². The van der Waals surface area contributed by atoms with Gasteiger partial charge in [0.2, 0.25) is 0 Å². The highest BCUT2D eigenvalue weighted by Crippen LogP contribution is 2.27. The summed E-state index contributed by atoms with van der Waals surface area (Å²) in [5.41, 5.74) is 0.604. The number of nitrogens with zero attached hydrogens (tertiary/aromatic N) is 1. The van der Waals surface area contributed by atoms with Gasteiger partial charge in [-0.3, -0.25) is 4.90 Å². The van der Waals surface area contributed by atoms with Gasteiger partial charge in [-0.2, -0.15) is 0 Å². The van der Waals surface area contributed by atoms with E-state index >= 15 is 0 Å². The van der Waals surface area contributed by atoms with Crippen LogP contribution in [0.4, 0.5) is 0 Å². The molecule has 2 heteroatoms. The van der Waals surface area contributed by atoms with Crippen molar-refractivity contribution in [3.8, 4) is 0 Å². The summed E-state index contributed by atoms with van der Waals surface area (Å²) in [6, 6.07) is 0. The third-order valence-electron chi connectivity index (χ3n) is 2.89. The van der Waals surface area contributed by atoms with E-state index in [4.69, 9.17) is 0 Å². The predicted octanol–water partition coefficient (Wildman–Crippen LogP) is 1.47. The molecule has 0 aliphatic carbocycles. The first-order chi connectivity index (χ1) is 5.40. The summed E-state index contributed by atoms with van der Waals surface area (Å²) in [4.78, 5) is 2.58. The van der Waals surface area contributed by atoms with E-state index in [-0.39, 0.29) is 0 Å². The quantitative estimate of drug-likeness (QED) is 0.641. The fourth-order valence-corrected chi connectivity index (χ4v) is 2.54. The van der Waals surface area contributed by atoms with E-state index in [1.165, 1.54) is 0 Å². The Bertz CT molecular complexity index is 145. The van der Waals surface area contributed by atoms with Crippen LogP contribution in [-0.2, 0) is 0 Å². The summed E-state index contributed by atoms with van der Waals surface area (Å²) in [6.07, 6.45) is 0. The van der Waals surface area contributed by atoms with Crippen LogP contribution >= 0.6 is 0 Å². The molecule has 1 heterocycles. The zero-order chi connectivity index (χ0) is 9.41. The minimum absolute atomic E-state index is 0.302. The average molecular weight is 170 g/mol. The lowest BCUT2D eigenvalue weighted by molar-refractivity contribution is -0.00790. The lowest BCUT2D eigenvalue weighted by Crippen LogP contribution is -2.67. The van der Waals surface area contributed by atoms with Gasteiger partial charge in [0.1, 0.15) is 0 Å². The molecule has 0 aromatic rings. The highest BCUT2D eigenvalue weighted by atomic mass is 15.3. The normalized spacial score (nSPS) is 28.8. The lowest BCUT2D eigenvalue weighted by atomic mass is 9.89. The van der Waals surface area contributed by atoms with Gasteiger partial charge in [0, 0.05) is 24.2 Å². The van der Waals surface area contributed by atoms with Crippen molar-refractivity contribution >= 4 is 0 Å². The Balaban J connectivity index is 2.81. The van der Waals surface area contributed by atoms with Crippen molar-refractivity contribution in [1.82, 2.24) is 10.2 Å². The van der Waals surface area contributed by atoms with E-state index in [1.807, 2.05) is 0 Å². The van der Waals surface area contributed by atoms with E-state index in [2.05, 4.69) is 44.8 Å². The first-order valence-corrected chi connectivity index (χ1v) is 4.88. The van der Waals surface area contributed by atoms with E-state index in [0.717, 1.165) is 19.6 Å². The Morgan fingerprint density at radius 1 is 1.08 bits per heavy atom. The molecule has 1 aliphatic heterocycles. The van der Waals surface area contributed by atoms with Crippen LogP contribution in [0.1, 0.15) is 34.6 Å². The van der Waals surface area contributed by atoms with Gasteiger partial charge in [-0.1, -0.05) is 6.92 Å². The number of hydrogen-bond donors (Lipinski definition) is 1. The minimum atomic E-state index is 0.302. The zero-order valence-electron chi connectivity index (χ0n) is 9.07. The molecule has 0 unspecified atom stereocenters. The summed E-state index contributed by atoms with van der Waals surface area (Å²) in [6.45, 7) is 14.8. The van der Waals surface area contributed by atoms with Gasteiger partial charge in [-0.25, -0.2) is 0 Å². The molecular weight excluding hydrogens is 148 g/mol. The van der Waals surface area contributed by atoms with Crippen LogP contribution in [0.5, 0.6) is 0 Å². The van der Waals surface area contributed by atoms with Crippen molar-refractivity contribution < 1.29 is 0 Å². The molecule has 0 saturated carbocycles. The van der Waals surface area contributed by atoms with Gasteiger partial charge in [0.25, 0.3) is 0 Å². The molecule has 12 heavy (non-hydrogen) atoms. The van der Waals surface area contributed by atoms with E-state index in [0.29, 0.717) is 11.1 Å². The molecule has 0 spiro atoms. The summed E-state index contributed by atoms with van der Waals surface area (Å²) in [7, 11) is 0. The Kier molecular flexibility index (Phi) is 2.50. The maximum atomic E-state index is 3.49. The smallest absolute Gasteiger partial charge is 0.0283 e. The maximum absolute atomic E-state index is 3.49. The molecule has 0 aromatic carbocycles. The summed E-state index contributed by atoms with van der Waals surface area (Å²) >= 11 is 0. The second-order valence-electron chi connectivity index (χ2n) is 4.97. The van der Waals surface area contributed by atoms with Crippen LogP contribution in [0.3, 0.4) is 0 Å². The van der Waals surface area contributed by atoms with Crippen LogP contribution in [0, 0.1) is 0 Å². The first kappa shape index (κ1) is 10.0. The Morgan fingerprint density at radius 3 is 1.75 bits per heavy atom. The molecule has 2 nitrogen and oxygen atoms in total. The van der Waals surface area contributed by atoms with Crippen LogP contribution in [0.25, 0.3) is 0 Å². The Labute approximate surface area is 76.3 Å². The van der Waals surface area contributed by atoms with Gasteiger partial charge in [-0.05, 0) is 34.2 Å². The topological polar surface area (TPSA) is 15.3 Å². The molecule has 1 fully saturated rings. The van der Waals surface area contributed by atoms with Gasteiger partial charge in [-0.15, -0.1) is 0 Å². The standard InChI is InChI=1S/C10H22N2/c1-6-12-9(2,3)7-11-8-10(12,4)5/h11H,6-8H2,1-5H3. The van der Waals surface area contributed by atoms with Crippen molar-refractivity contribution in [3.63, 3.8) is 0 Å². The van der Waals surface area contributed by atoms with E-state index in [1.54, 1.807) is 0 Å².